The molecule has 0 unspecified atom stereocenters. The van der Waals surface area contributed by atoms with Gasteiger partial charge in [0, 0.05) is 18.8 Å². The first-order valence-corrected chi connectivity index (χ1v) is 10.6. The molecule has 2 atom stereocenters. The van der Waals surface area contributed by atoms with Crippen LogP contribution >= 0.6 is 0 Å². The maximum atomic E-state index is 12.8. The number of imide groups is 1. The highest BCUT2D eigenvalue weighted by molar-refractivity contribution is 7.91. The molecule has 0 N–H and O–H groups in total. The summed E-state index contributed by atoms with van der Waals surface area (Å²) < 4.78 is 23.2. The molecule has 4 amide bonds. The number of anilines is 1. The van der Waals surface area contributed by atoms with E-state index >= 15 is 0 Å². The Balaban J connectivity index is 1.73. The summed E-state index contributed by atoms with van der Waals surface area (Å²) in [5.41, 5.74) is 1.63. The molecule has 9 heteroatoms. The number of sulfone groups is 1. The molecule has 3 rings (SSSR count). The van der Waals surface area contributed by atoms with Gasteiger partial charge in [0.1, 0.15) is 12.6 Å². The van der Waals surface area contributed by atoms with Crippen molar-refractivity contribution in [2.45, 2.75) is 32.4 Å². The van der Waals surface area contributed by atoms with E-state index in [-0.39, 0.29) is 11.5 Å². The Hall–Kier alpha value is -2.42. The normalized spacial score (nSPS) is 24.6. The number of carbonyl (C=O) groups is 3. The van der Waals surface area contributed by atoms with Crippen LogP contribution in [0.15, 0.2) is 24.3 Å². The lowest BCUT2D eigenvalue weighted by atomic mass is 10.2. The second-order valence-electron chi connectivity index (χ2n) is 7.15. The van der Waals surface area contributed by atoms with Crippen molar-refractivity contribution in [3.63, 3.8) is 0 Å². The molecule has 2 saturated heterocycles. The molecule has 0 aromatic heterocycles. The Morgan fingerprint density at radius 3 is 2.41 bits per heavy atom. The second-order valence-corrected chi connectivity index (χ2v) is 9.38. The summed E-state index contributed by atoms with van der Waals surface area (Å²) in [5.74, 6) is -0.920. The molecule has 0 spiro atoms. The molecule has 0 radical (unpaired) electrons. The van der Waals surface area contributed by atoms with Crippen LogP contribution in [0.1, 0.15) is 18.9 Å². The number of rotatable bonds is 4. The van der Waals surface area contributed by atoms with E-state index < -0.39 is 46.3 Å². The molecule has 2 heterocycles. The van der Waals surface area contributed by atoms with Gasteiger partial charge in [-0.25, -0.2) is 13.2 Å². The molecule has 1 aromatic carbocycles. The summed E-state index contributed by atoms with van der Waals surface area (Å²) in [6.07, 6.45) is 0.373. The van der Waals surface area contributed by atoms with Crippen LogP contribution in [-0.4, -0.2) is 73.2 Å². The maximum absolute atomic E-state index is 12.8. The molecular weight excluding hydrogens is 370 g/mol. The minimum Gasteiger partial charge on any atom is -0.340 e. The van der Waals surface area contributed by atoms with Crippen LogP contribution in [0.3, 0.4) is 0 Å². The maximum Gasteiger partial charge on any atom is 0.332 e. The van der Waals surface area contributed by atoms with Crippen LogP contribution in [0.25, 0.3) is 0 Å². The predicted octanol–water partition coefficient (Wildman–Crippen LogP) is 0.798. The third-order valence-electron chi connectivity index (χ3n) is 5.20. The molecule has 27 heavy (non-hydrogen) atoms. The SMILES string of the molecule is Cc1ccc(N2C(=O)N(CC(=O)N(C)[C@H]3CCS(=O)(=O)C3)C(=O)[C@@H]2C)cc1. The van der Waals surface area contributed by atoms with E-state index in [4.69, 9.17) is 0 Å². The van der Waals surface area contributed by atoms with Crippen molar-refractivity contribution in [2.24, 2.45) is 0 Å². The fourth-order valence-electron chi connectivity index (χ4n) is 3.44. The summed E-state index contributed by atoms with van der Waals surface area (Å²) in [4.78, 5) is 41.5. The summed E-state index contributed by atoms with van der Waals surface area (Å²) in [6.45, 7) is 3.16. The van der Waals surface area contributed by atoms with Crippen molar-refractivity contribution in [3.05, 3.63) is 29.8 Å². The van der Waals surface area contributed by atoms with Gasteiger partial charge in [-0.15, -0.1) is 0 Å². The van der Waals surface area contributed by atoms with Gasteiger partial charge >= 0.3 is 6.03 Å². The monoisotopic (exact) mass is 393 g/mol. The molecule has 2 aliphatic rings. The van der Waals surface area contributed by atoms with Gasteiger partial charge in [-0.2, -0.15) is 0 Å². The molecular formula is C18H23N3O5S. The Morgan fingerprint density at radius 2 is 1.85 bits per heavy atom. The number of nitrogens with zero attached hydrogens (tertiary/aromatic N) is 3. The molecule has 1 aromatic rings. The van der Waals surface area contributed by atoms with Gasteiger partial charge in [-0.3, -0.25) is 19.4 Å². The van der Waals surface area contributed by atoms with Crippen LogP contribution in [-0.2, 0) is 19.4 Å². The lowest BCUT2D eigenvalue weighted by Crippen LogP contribution is -2.46. The highest BCUT2D eigenvalue weighted by Crippen LogP contribution is 2.26. The van der Waals surface area contributed by atoms with Gasteiger partial charge in [-0.1, -0.05) is 17.7 Å². The highest BCUT2D eigenvalue weighted by Gasteiger charge is 2.45. The van der Waals surface area contributed by atoms with Crippen molar-refractivity contribution < 1.29 is 22.8 Å². The minimum absolute atomic E-state index is 0.0507. The third kappa shape index (κ3) is 3.69. The summed E-state index contributed by atoms with van der Waals surface area (Å²) in [5, 5.41) is 0. The van der Waals surface area contributed by atoms with Crippen LogP contribution in [0.2, 0.25) is 0 Å². The van der Waals surface area contributed by atoms with Crippen molar-refractivity contribution in [1.82, 2.24) is 9.80 Å². The highest BCUT2D eigenvalue weighted by atomic mass is 32.2. The van der Waals surface area contributed by atoms with E-state index in [9.17, 15) is 22.8 Å². The zero-order valence-electron chi connectivity index (χ0n) is 15.6. The zero-order valence-corrected chi connectivity index (χ0v) is 16.4. The quantitative estimate of drug-likeness (QED) is 0.705. The van der Waals surface area contributed by atoms with Crippen molar-refractivity contribution in [2.75, 3.05) is 30.0 Å². The largest absolute Gasteiger partial charge is 0.340 e. The van der Waals surface area contributed by atoms with Gasteiger partial charge in [0.25, 0.3) is 5.91 Å². The Bertz CT molecular complexity index is 881. The Kier molecular flexibility index (Phi) is 4.98. The van der Waals surface area contributed by atoms with Gasteiger partial charge in [0.2, 0.25) is 5.91 Å². The number of carbonyl (C=O) groups excluding carboxylic acids is 3. The first-order chi connectivity index (χ1) is 12.6. The molecule has 0 aliphatic carbocycles. The Labute approximate surface area is 158 Å². The summed E-state index contributed by atoms with van der Waals surface area (Å²) >= 11 is 0. The lowest BCUT2D eigenvalue weighted by Gasteiger charge is -2.25. The number of hydrogen-bond donors (Lipinski definition) is 0. The average Bonchev–Trinajstić information content (AvgIpc) is 3.08. The average molecular weight is 393 g/mol. The van der Waals surface area contributed by atoms with Gasteiger partial charge < -0.3 is 4.90 Å². The molecule has 146 valence electrons. The van der Waals surface area contributed by atoms with Crippen molar-refractivity contribution >= 4 is 33.4 Å². The van der Waals surface area contributed by atoms with E-state index in [1.165, 1.54) is 16.8 Å². The molecule has 0 saturated carbocycles. The van der Waals surface area contributed by atoms with Crippen LogP contribution < -0.4 is 4.90 Å². The van der Waals surface area contributed by atoms with Crippen molar-refractivity contribution in [1.29, 1.82) is 0 Å². The molecule has 2 aliphatic heterocycles. The predicted molar refractivity (Wildman–Crippen MR) is 100 cm³/mol. The first-order valence-electron chi connectivity index (χ1n) is 8.78. The van der Waals surface area contributed by atoms with E-state index in [0.717, 1.165) is 10.5 Å². The topological polar surface area (TPSA) is 95.1 Å². The number of benzene rings is 1. The zero-order chi connectivity index (χ0) is 19.9. The van der Waals surface area contributed by atoms with Gasteiger partial charge in [0.05, 0.1) is 11.5 Å². The van der Waals surface area contributed by atoms with Crippen molar-refractivity contribution in [3.8, 4) is 0 Å². The fraction of sp³-hybridized carbons (Fsp3) is 0.500. The Morgan fingerprint density at radius 1 is 1.22 bits per heavy atom. The number of amides is 4. The molecule has 2 fully saturated rings. The standard InChI is InChI=1S/C18H23N3O5S/c1-12-4-6-14(7-5-12)21-13(2)17(23)20(18(21)24)10-16(22)19(3)15-8-9-27(25,26)11-15/h4-7,13,15H,8-11H2,1-3H3/t13-,15-/m0/s1. The third-order valence-corrected chi connectivity index (χ3v) is 6.95. The fourth-order valence-corrected chi connectivity index (χ4v) is 5.22. The van der Waals surface area contributed by atoms with Crippen LogP contribution in [0.5, 0.6) is 0 Å². The van der Waals surface area contributed by atoms with Gasteiger partial charge in [0.15, 0.2) is 9.84 Å². The van der Waals surface area contributed by atoms with E-state index in [2.05, 4.69) is 0 Å². The van der Waals surface area contributed by atoms with Gasteiger partial charge in [-0.05, 0) is 32.4 Å². The number of aryl methyl sites for hydroxylation is 1. The smallest absolute Gasteiger partial charge is 0.332 e. The van der Waals surface area contributed by atoms with E-state index in [0.29, 0.717) is 12.1 Å². The number of likely N-dealkylation sites (N-methyl/N-ethyl adjacent to an activating group) is 1. The minimum atomic E-state index is -3.13. The van der Waals surface area contributed by atoms with Crippen LogP contribution in [0, 0.1) is 6.92 Å². The second kappa shape index (κ2) is 6.95. The number of urea groups is 1. The first kappa shape index (κ1) is 19.3. The molecule has 0 bridgehead atoms. The van der Waals surface area contributed by atoms with Crippen LogP contribution in [0.4, 0.5) is 10.5 Å². The van der Waals surface area contributed by atoms with E-state index in [1.54, 1.807) is 19.1 Å². The summed E-state index contributed by atoms with van der Waals surface area (Å²) in [6, 6.07) is 5.56. The lowest BCUT2D eigenvalue weighted by molar-refractivity contribution is -0.137. The number of hydrogen-bond acceptors (Lipinski definition) is 5. The summed E-state index contributed by atoms with van der Waals surface area (Å²) in [7, 11) is -1.62. The van der Waals surface area contributed by atoms with E-state index in [1.807, 2.05) is 19.1 Å². The molecule has 8 nitrogen and oxygen atoms in total.